The van der Waals surface area contributed by atoms with Crippen molar-refractivity contribution in [3.8, 4) is 11.5 Å². The molecule has 2 aliphatic heterocycles. The lowest BCUT2D eigenvalue weighted by Crippen LogP contribution is -2.39. The minimum absolute atomic E-state index is 0.0650. The fraction of sp³-hybridized carbons (Fsp3) is 0.350. The van der Waals surface area contributed by atoms with Gasteiger partial charge in [0.25, 0.3) is 15.9 Å². The zero-order valence-electron chi connectivity index (χ0n) is 15.6. The number of nitrogens with one attached hydrogen (secondary N) is 1. The van der Waals surface area contributed by atoms with Crippen LogP contribution in [0.25, 0.3) is 0 Å². The van der Waals surface area contributed by atoms with Gasteiger partial charge >= 0.3 is 0 Å². The Kier molecular flexibility index (Phi) is 5.42. The van der Waals surface area contributed by atoms with Gasteiger partial charge in [0.15, 0.2) is 11.5 Å². The predicted molar refractivity (Wildman–Crippen MR) is 103 cm³/mol. The number of sulfonamides is 1. The van der Waals surface area contributed by atoms with Crippen LogP contribution in [0.4, 0.5) is 4.39 Å². The van der Waals surface area contributed by atoms with Crippen molar-refractivity contribution in [1.29, 1.82) is 0 Å². The lowest BCUT2D eigenvalue weighted by molar-refractivity contribution is 0.0867. The summed E-state index contributed by atoms with van der Waals surface area (Å²) in [6.07, 6.45) is 1.07. The molecule has 2 aliphatic rings. The normalized spacial score (nSPS) is 19.3. The van der Waals surface area contributed by atoms with Crippen molar-refractivity contribution in [1.82, 2.24) is 9.62 Å². The molecule has 2 aromatic rings. The summed E-state index contributed by atoms with van der Waals surface area (Å²) in [7, 11) is -3.89. The van der Waals surface area contributed by atoms with E-state index in [1.54, 1.807) is 0 Å². The molecule has 0 bridgehead atoms. The molecule has 2 heterocycles. The maximum atomic E-state index is 13.3. The summed E-state index contributed by atoms with van der Waals surface area (Å²) in [6.45, 7) is 1.76. The first-order valence-electron chi connectivity index (χ1n) is 9.42. The second-order valence-corrected chi connectivity index (χ2v) is 8.76. The number of unbranched alkanes of at least 4 members (excludes halogenated alkanes) is 1. The van der Waals surface area contributed by atoms with Crippen molar-refractivity contribution in [2.45, 2.75) is 23.8 Å². The summed E-state index contributed by atoms with van der Waals surface area (Å²) in [4.78, 5) is 12.2. The fourth-order valence-corrected chi connectivity index (χ4v) is 5.00. The van der Waals surface area contributed by atoms with E-state index in [9.17, 15) is 17.6 Å². The maximum absolute atomic E-state index is 13.3. The van der Waals surface area contributed by atoms with Gasteiger partial charge in [-0.05, 0) is 49.7 Å². The number of carbonyl (C=O) groups is 1. The van der Waals surface area contributed by atoms with Crippen molar-refractivity contribution in [3.63, 3.8) is 0 Å². The lowest BCUT2D eigenvalue weighted by atomic mass is 10.2. The molecule has 0 fully saturated rings. The van der Waals surface area contributed by atoms with Crippen LogP contribution in [0.15, 0.2) is 47.4 Å². The Bertz CT molecular complexity index is 1030. The molecular weight excluding hydrogens is 399 g/mol. The number of para-hydroxylation sites is 2. The fourth-order valence-electron chi connectivity index (χ4n) is 3.41. The van der Waals surface area contributed by atoms with Crippen LogP contribution in [0.2, 0.25) is 0 Å². The SMILES string of the molecule is O=C1c2cc(F)ccc2S(=O)(=O)N1CCCCNCC1COc2ccccc2O1. The van der Waals surface area contributed by atoms with Gasteiger partial charge in [-0.2, -0.15) is 0 Å². The Labute approximate surface area is 168 Å². The Morgan fingerprint density at radius 3 is 2.76 bits per heavy atom. The molecule has 0 saturated heterocycles. The Morgan fingerprint density at radius 1 is 1.14 bits per heavy atom. The van der Waals surface area contributed by atoms with Crippen LogP contribution in [0.3, 0.4) is 0 Å². The molecule has 0 aromatic heterocycles. The van der Waals surface area contributed by atoms with Gasteiger partial charge in [0, 0.05) is 13.1 Å². The van der Waals surface area contributed by atoms with Gasteiger partial charge in [0.05, 0.1) is 5.56 Å². The summed E-state index contributed by atoms with van der Waals surface area (Å²) < 4.78 is 50.6. The first-order chi connectivity index (χ1) is 14.0. The molecule has 9 heteroatoms. The van der Waals surface area contributed by atoms with E-state index in [1.807, 2.05) is 24.3 Å². The number of halogens is 1. The van der Waals surface area contributed by atoms with Crippen LogP contribution in [-0.4, -0.2) is 51.0 Å². The predicted octanol–water partition coefficient (Wildman–Crippen LogP) is 2.18. The third-order valence-electron chi connectivity index (χ3n) is 4.87. The number of fused-ring (bicyclic) bond motifs is 2. The minimum Gasteiger partial charge on any atom is -0.486 e. The van der Waals surface area contributed by atoms with E-state index in [0.717, 1.165) is 34.0 Å². The Hall–Kier alpha value is -2.65. The van der Waals surface area contributed by atoms with E-state index >= 15 is 0 Å². The van der Waals surface area contributed by atoms with Gasteiger partial charge in [0.2, 0.25) is 0 Å². The van der Waals surface area contributed by atoms with Crippen molar-refractivity contribution in [2.75, 3.05) is 26.2 Å². The molecule has 1 atom stereocenters. The summed E-state index contributed by atoms with van der Waals surface area (Å²) >= 11 is 0. The lowest BCUT2D eigenvalue weighted by Gasteiger charge is -2.26. The molecule has 29 heavy (non-hydrogen) atoms. The molecule has 1 unspecified atom stereocenters. The van der Waals surface area contributed by atoms with Gasteiger partial charge in [-0.1, -0.05) is 12.1 Å². The highest BCUT2D eigenvalue weighted by Gasteiger charge is 2.40. The number of ether oxygens (including phenoxy) is 2. The number of rotatable bonds is 7. The highest BCUT2D eigenvalue weighted by Crippen LogP contribution is 2.31. The van der Waals surface area contributed by atoms with Crippen LogP contribution in [-0.2, 0) is 10.0 Å². The topological polar surface area (TPSA) is 84.9 Å². The van der Waals surface area contributed by atoms with Crippen molar-refractivity contribution in [3.05, 3.63) is 53.8 Å². The minimum atomic E-state index is -3.89. The largest absolute Gasteiger partial charge is 0.486 e. The molecular formula is C20H21FN2O5S. The first-order valence-corrected chi connectivity index (χ1v) is 10.9. The Morgan fingerprint density at radius 2 is 1.93 bits per heavy atom. The van der Waals surface area contributed by atoms with E-state index in [4.69, 9.17) is 9.47 Å². The number of benzene rings is 2. The van der Waals surface area contributed by atoms with Crippen LogP contribution in [0, 0.1) is 5.82 Å². The monoisotopic (exact) mass is 420 g/mol. The van der Waals surface area contributed by atoms with Crippen LogP contribution < -0.4 is 14.8 Å². The molecule has 2 aromatic carbocycles. The van der Waals surface area contributed by atoms with Crippen LogP contribution in [0.5, 0.6) is 11.5 Å². The smallest absolute Gasteiger partial charge is 0.269 e. The molecule has 154 valence electrons. The molecule has 0 radical (unpaired) electrons. The molecule has 0 aliphatic carbocycles. The van der Waals surface area contributed by atoms with E-state index in [2.05, 4.69) is 5.32 Å². The van der Waals surface area contributed by atoms with E-state index in [0.29, 0.717) is 32.5 Å². The van der Waals surface area contributed by atoms with Gasteiger partial charge < -0.3 is 14.8 Å². The third-order valence-corrected chi connectivity index (χ3v) is 6.71. The van der Waals surface area contributed by atoms with Gasteiger partial charge in [-0.25, -0.2) is 17.1 Å². The quantitative estimate of drug-likeness (QED) is 0.692. The Balaban J connectivity index is 1.21. The standard InChI is InChI=1S/C20H21FN2O5S/c21-14-7-8-19-16(11-14)20(24)23(29(19,25)26)10-4-3-9-22-12-15-13-27-17-5-1-2-6-18(17)28-15/h1-2,5-8,11,15,22H,3-4,9-10,12-13H2. The highest BCUT2D eigenvalue weighted by molar-refractivity contribution is 7.90. The summed E-state index contributed by atoms with van der Waals surface area (Å²) in [6, 6.07) is 10.7. The number of hydrogen-bond donors (Lipinski definition) is 1. The summed E-state index contributed by atoms with van der Waals surface area (Å²) in [5.74, 6) is 0.161. The summed E-state index contributed by atoms with van der Waals surface area (Å²) in [5.41, 5.74) is -0.0992. The van der Waals surface area contributed by atoms with Crippen LogP contribution in [0.1, 0.15) is 23.2 Å². The number of carbonyl (C=O) groups excluding carboxylic acids is 1. The maximum Gasteiger partial charge on any atom is 0.269 e. The van der Waals surface area contributed by atoms with Gasteiger partial charge in [0.1, 0.15) is 23.4 Å². The molecule has 1 N–H and O–H groups in total. The number of amides is 1. The van der Waals surface area contributed by atoms with E-state index in [1.165, 1.54) is 0 Å². The molecule has 0 spiro atoms. The zero-order valence-corrected chi connectivity index (χ0v) is 16.5. The number of hydrogen-bond acceptors (Lipinski definition) is 6. The molecule has 4 rings (SSSR count). The van der Waals surface area contributed by atoms with Gasteiger partial charge in [-0.15, -0.1) is 0 Å². The summed E-state index contributed by atoms with van der Waals surface area (Å²) in [5, 5.41) is 3.26. The second-order valence-electron chi connectivity index (χ2n) is 6.93. The molecule has 0 saturated carbocycles. The molecule has 7 nitrogen and oxygen atoms in total. The van der Waals surface area contributed by atoms with Gasteiger partial charge in [-0.3, -0.25) is 4.79 Å². The third kappa shape index (κ3) is 3.92. The molecule has 1 amide bonds. The van der Waals surface area contributed by atoms with Crippen molar-refractivity contribution >= 4 is 15.9 Å². The zero-order chi connectivity index (χ0) is 20.4. The number of nitrogens with zero attached hydrogens (tertiary/aromatic N) is 1. The second kappa shape index (κ2) is 8.00. The first kappa shape index (κ1) is 19.7. The van der Waals surface area contributed by atoms with Crippen molar-refractivity contribution in [2.24, 2.45) is 0 Å². The van der Waals surface area contributed by atoms with E-state index < -0.39 is 21.7 Å². The average molecular weight is 420 g/mol. The van der Waals surface area contributed by atoms with Crippen LogP contribution >= 0.6 is 0 Å². The average Bonchev–Trinajstić information content (AvgIpc) is 2.90. The highest BCUT2D eigenvalue weighted by atomic mass is 32.2. The van der Waals surface area contributed by atoms with Crippen molar-refractivity contribution < 1.29 is 27.1 Å². The van der Waals surface area contributed by atoms with E-state index in [-0.39, 0.29) is 23.1 Å².